The highest BCUT2D eigenvalue weighted by Crippen LogP contribution is 2.39. The Morgan fingerprint density at radius 2 is 1.84 bits per heavy atom. The molecule has 1 aromatic carbocycles. The van der Waals surface area contributed by atoms with E-state index in [0.717, 1.165) is 42.2 Å². The van der Waals surface area contributed by atoms with Gasteiger partial charge in [0.1, 0.15) is 12.4 Å². The molecule has 0 atom stereocenters. The van der Waals surface area contributed by atoms with Crippen LogP contribution in [-0.2, 0) is 28.7 Å². The Kier molecular flexibility index (Phi) is 8.44. The lowest BCUT2D eigenvalue weighted by molar-refractivity contribution is -0.149. The van der Waals surface area contributed by atoms with Crippen LogP contribution in [-0.4, -0.2) is 64.2 Å². The summed E-state index contributed by atoms with van der Waals surface area (Å²) < 4.78 is 45.5. The predicted octanol–water partition coefficient (Wildman–Crippen LogP) is 4.55. The molecule has 1 aromatic heterocycles. The monoisotopic (exact) mass is 520 g/mol. The summed E-state index contributed by atoms with van der Waals surface area (Å²) in [5.74, 6) is 0.894. The molecule has 0 N–H and O–H groups in total. The van der Waals surface area contributed by atoms with Crippen LogP contribution in [0.5, 0.6) is 5.75 Å². The van der Waals surface area contributed by atoms with Gasteiger partial charge in [-0.1, -0.05) is 24.6 Å². The van der Waals surface area contributed by atoms with E-state index in [0.29, 0.717) is 45.6 Å². The normalized spacial score (nSPS) is 19.1. The number of rotatable bonds is 4. The van der Waals surface area contributed by atoms with Crippen LogP contribution in [0.1, 0.15) is 56.7 Å². The molecule has 10 heteroatoms. The summed E-state index contributed by atoms with van der Waals surface area (Å²) in [5, 5.41) is 3.52. The van der Waals surface area contributed by atoms with Gasteiger partial charge >= 0.3 is 6.18 Å². The van der Waals surface area contributed by atoms with Crippen LogP contribution >= 0.6 is 0 Å². The van der Waals surface area contributed by atoms with Gasteiger partial charge in [0.05, 0.1) is 12.0 Å². The van der Waals surface area contributed by atoms with Crippen molar-refractivity contribution >= 4 is 11.8 Å². The number of halogens is 3. The number of likely N-dealkylation sites (tertiary alicyclic amines) is 1. The third kappa shape index (κ3) is 6.45. The second kappa shape index (κ2) is 11.6. The van der Waals surface area contributed by atoms with Crippen molar-refractivity contribution in [1.29, 1.82) is 0 Å². The molecule has 4 rings (SSSR count). The fourth-order valence-corrected chi connectivity index (χ4v) is 5.40. The minimum Gasteiger partial charge on any atom is -0.491 e. The molecule has 1 fully saturated rings. The number of carbonyl (C=O) groups excluding carboxylic acids is 2. The Hall–Kier alpha value is -3.04. The number of hydrogen-bond donors (Lipinski definition) is 0. The van der Waals surface area contributed by atoms with Crippen molar-refractivity contribution in [2.45, 2.75) is 64.6 Å². The first-order valence-corrected chi connectivity index (χ1v) is 13.1. The quantitative estimate of drug-likeness (QED) is 0.593. The number of ether oxygens (including phenoxy) is 1. The molecule has 0 radical (unpaired) electrons. The van der Waals surface area contributed by atoms with Gasteiger partial charge in [0.15, 0.2) is 5.69 Å². The highest BCUT2D eigenvalue weighted by molar-refractivity contribution is 5.83. The van der Waals surface area contributed by atoms with Gasteiger partial charge in [-0.2, -0.15) is 18.3 Å². The number of amides is 2. The molecule has 3 heterocycles. The predicted molar refractivity (Wildman–Crippen MR) is 132 cm³/mol. The largest absolute Gasteiger partial charge is 0.491 e. The van der Waals surface area contributed by atoms with E-state index in [2.05, 4.69) is 11.2 Å². The van der Waals surface area contributed by atoms with Gasteiger partial charge in [-0.3, -0.25) is 14.3 Å². The van der Waals surface area contributed by atoms with Crippen LogP contribution in [0, 0.1) is 5.41 Å². The van der Waals surface area contributed by atoms with E-state index in [4.69, 9.17) is 4.74 Å². The van der Waals surface area contributed by atoms with E-state index in [1.165, 1.54) is 11.8 Å². The van der Waals surface area contributed by atoms with Gasteiger partial charge in [-0.25, -0.2) is 0 Å². The van der Waals surface area contributed by atoms with E-state index in [9.17, 15) is 22.8 Å². The third-order valence-corrected chi connectivity index (χ3v) is 7.62. The number of piperidine rings is 1. The van der Waals surface area contributed by atoms with Crippen molar-refractivity contribution in [3.8, 4) is 5.75 Å². The van der Waals surface area contributed by atoms with Crippen LogP contribution in [0.15, 0.2) is 36.5 Å². The first kappa shape index (κ1) is 27.0. The lowest BCUT2D eigenvalue weighted by Crippen LogP contribution is -2.52. The molecule has 37 heavy (non-hydrogen) atoms. The fourth-order valence-electron chi connectivity index (χ4n) is 5.40. The second-order valence-corrected chi connectivity index (χ2v) is 9.92. The Labute approximate surface area is 215 Å². The maximum Gasteiger partial charge on any atom is 0.435 e. The second-order valence-electron chi connectivity index (χ2n) is 9.92. The first-order chi connectivity index (χ1) is 17.7. The van der Waals surface area contributed by atoms with Crippen LogP contribution in [0.4, 0.5) is 13.2 Å². The molecule has 2 aliphatic rings. The Morgan fingerprint density at radius 1 is 1.08 bits per heavy atom. The summed E-state index contributed by atoms with van der Waals surface area (Å²) in [6.45, 7) is 4.53. The molecule has 1 saturated heterocycles. The van der Waals surface area contributed by atoms with Crippen molar-refractivity contribution in [1.82, 2.24) is 19.6 Å². The van der Waals surface area contributed by atoms with E-state index in [1.54, 1.807) is 4.90 Å². The van der Waals surface area contributed by atoms with E-state index in [1.807, 2.05) is 30.0 Å². The van der Waals surface area contributed by atoms with Gasteiger partial charge in [-0.05, 0) is 56.7 Å². The van der Waals surface area contributed by atoms with E-state index >= 15 is 0 Å². The number of benzene rings is 1. The van der Waals surface area contributed by atoms with Crippen molar-refractivity contribution in [2.75, 3.05) is 32.8 Å². The Morgan fingerprint density at radius 3 is 2.54 bits per heavy atom. The molecular weight excluding hydrogens is 485 g/mol. The number of carbonyl (C=O) groups is 2. The number of aromatic nitrogens is 2. The number of alkyl halides is 3. The molecule has 0 aliphatic carbocycles. The molecule has 0 saturated carbocycles. The van der Waals surface area contributed by atoms with Gasteiger partial charge < -0.3 is 14.5 Å². The highest BCUT2D eigenvalue weighted by atomic mass is 19.4. The standard InChI is InChI=1S/C27H35F3N4O3/c1-2-32-19-20-37-22-9-4-3-7-21(22)8-5-6-12-26(25(32)36)13-17-33(18-14-26)24(35)11-16-34-15-10-23(31-34)27(28,29)30/h3-4,7,9-10,15H,2,5-6,8,11-14,16-20H2,1H3. The number of fused-ring (bicyclic) bond motifs is 1. The smallest absolute Gasteiger partial charge is 0.435 e. The van der Waals surface area contributed by atoms with Gasteiger partial charge in [0.2, 0.25) is 11.8 Å². The van der Waals surface area contributed by atoms with Gasteiger partial charge in [0.25, 0.3) is 0 Å². The van der Waals surface area contributed by atoms with Crippen molar-refractivity contribution < 1.29 is 27.5 Å². The summed E-state index contributed by atoms with van der Waals surface area (Å²) in [5.41, 5.74) is -0.281. The lowest BCUT2D eigenvalue weighted by atomic mass is 9.73. The zero-order valence-electron chi connectivity index (χ0n) is 21.3. The maximum absolute atomic E-state index is 13.7. The molecule has 202 valence electrons. The molecule has 0 bridgehead atoms. The number of likely N-dealkylation sites (N-methyl/N-ethyl adjacent to an activating group) is 1. The zero-order chi connectivity index (χ0) is 26.5. The summed E-state index contributed by atoms with van der Waals surface area (Å²) in [6.07, 6.45) is 1.52. The fraction of sp³-hybridized carbons (Fsp3) is 0.593. The Balaban J connectivity index is 1.37. The van der Waals surface area contributed by atoms with Gasteiger partial charge in [0, 0.05) is 38.8 Å². The summed E-state index contributed by atoms with van der Waals surface area (Å²) in [7, 11) is 0. The van der Waals surface area contributed by atoms with E-state index < -0.39 is 17.3 Å². The molecule has 0 unspecified atom stereocenters. The zero-order valence-corrected chi connectivity index (χ0v) is 21.3. The first-order valence-electron chi connectivity index (χ1n) is 13.1. The topological polar surface area (TPSA) is 67.7 Å². The SMILES string of the molecule is CCN1CCOc2ccccc2CCCCC2(CCN(C(=O)CCn3ccc(C(F)(F)F)n3)CC2)C1=O. The molecular formula is C27H35F3N4O3. The molecule has 7 nitrogen and oxygen atoms in total. The number of hydrogen-bond acceptors (Lipinski definition) is 4. The van der Waals surface area contributed by atoms with E-state index in [-0.39, 0.29) is 24.8 Å². The number of para-hydroxylation sites is 1. The van der Waals surface area contributed by atoms with Crippen molar-refractivity contribution in [3.63, 3.8) is 0 Å². The van der Waals surface area contributed by atoms with Crippen LogP contribution in [0.2, 0.25) is 0 Å². The van der Waals surface area contributed by atoms with Crippen molar-refractivity contribution in [2.24, 2.45) is 5.41 Å². The average molecular weight is 521 g/mol. The lowest BCUT2D eigenvalue weighted by Gasteiger charge is -2.43. The molecule has 2 aliphatic heterocycles. The summed E-state index contributed by atoms with van der Waals surface area (Å²) in [4.78, 5) is 30.2. The summed E-state index contributed by atoms with van der Waals surface area (Å²) in [6, 6.07) is 8.97. The summed E-state index contributed by atoms with van der Waals surface area (Å²) >= 11 is 0. The van der Waals surface area contributed by atoms with Crippen LogP contribution in [0.25, 0.3) is 0 Å². The molecule has 2 amide bonds. The number of aryl methyl sites for hydroxylation is 2. The molecule has 2 aromatic rings. The van der Waals surface area contributed by atoms with Gasteiger partial charge in [-0.15, -0.1) is 0 Å². The van der Waals surface area contributed by atoms with Crippen LogP contribution in [0.3, 0.4) is 0 Å². The minimum atomic E-state index is -4.50. The average Bonchev–Trinajstić information content (AvgIpc) is 3.38. The molecule has 1 spiro atoms. The van der Waals surface area contributed by atoms with Crippen LogP contribution < -0.4 is 4.74 Å². The third-order valence-electron chi connectivity index (χ3n) is 7.62. The van der Waals surface area contributed by atoms with Crippen molar-refractivity contribution in [3.05, 3.63) is 47.8 Å². The highest BCUT2D eigenvalue weighted by Gasteiger charge is 2.43. The minimum absolute atomic E-state index is 0.0672. The Bertz CT molecular complexity index is 1080. The maximum atomic E-state index is 13.7. The number of nitrogens with zero attached hydrogens (tertiary/aromatic N) is 4.